The molecule has 0 unspecified atom stereocenters. The molecule has 2 aliphatic rings. The highest BCUT2D eigenvalue weighted by Crippen LogP contribution is 2.35. The first-order valence-corrected chi connectivity index (χ1v) is 7.59. The molecule has 1 N–H and O–H groups in total. The molecule has 4 heteroatoms. The van der Waals surface area contributed by atoms with Gasteiger partial charge in [-0.15, -0.1) is 0 Å². The Balaban J connectivity index is 1.66. The Morgan fingerprint density at radius 3 is 2.79 bits per heavy atom. The topological polar surface area (TPSA) is 41.1 Å². The summed E-state index contributed by atoms with van der Waals surface area (Å²) in [6.07, 6.45) is 12.2. The molecule has 104 valence electrons. The Morgan fingerprint density at radius 2 is 2.00 bits per heavy atom. The van der Waals surface area contributed by atoms with Crippen molar-refractivity contribution in [2.75, 3.05) is 18.9 Å². The summed E-state index contributed by atoms with van der Waals surface area (Å²) in [5, 5.41) is 3.02. The summed E-state index contributed by atoms with van der Waals surface area (Å²) in [5.41, 5.74) is 1.10. The molecule has 2 atom stereocenters. The number of hydrogen-bond donors (Lipinski definition) is 1. The van der Waals surface area contributed by atoms with Crippen LogP contribution >= 0.6 is 0 Å². The van der Waals surface area contributed by atoms with E-state index in [1.165, 1.54) is 45.1 Å². The minimum absolute atomic E-state index is 0.799. The molecule has 2 heterocycles. The molecule has 0 amide bonds. The summed E-state index contributed by atoms with van der Waals surface area (Å²) in [6, 6.07) is 0.799. The predicted octanol–water partition coefficient (Wildman–Crippen LogP) is 2.67. The third-order valence-corrected chi connectivity index (χ3v) is 4.68. The normalized spacial score (nSPS) is 27.8. The minimum Gasteiger partial charge on any atom is -0.372 e. The molecule has 0 aromatic carbocycles. The largest absolute Gasteiger partial charge is 0.372 e. The lowest BCUT2D eigenvalue weighted by molar-refractivity contribution is 0.0536. The predicted molar refractivity (Wildman–Crippen MR) is 77.0 cm³/mol. The third-order valence-electron chi connectivity index (χ3n) is 4.68. The van der Waals surface area contributed by atoms with Crippen molar-refractivity contribution in [1.29, 1.82) is 0 Å². The summed E-state index contributed by atoms with van der Waals surface area (Å²) in [4.78, 5) is 11.5. The van der Waals surface area contributed by atoms with Crippen molar-refractivity contribution in [3.63, 3.8) is 0 Å². The van der Waals surface area contributed by atoms with Gasteiger partial charge in [0.25, 0.3) is 0 Å². The standard InChI is InChI=1S/C15H24N4/c1-16-15-10-17-13(9-18-15)11-19-8-4-6-12-5-2-3-7-14(12)19/h9-10,12,14H,2-8,11H2,1H3,(H,16,18)/t12-,14-/m1/s1. The maximum Gasteiger partial charge on any atom is 0.144 e. The molecular weight excluding hydrogens is 236 g/mol. The summed E-state index contributed by atoms with van der Waals surface area (Å²) in [5.74, 6) is 1.78. The van der Waals surface area contributed by atoms with Crippen LogP contribution in [0.15, 0.2) is 12.4 Å². The van der Waals surface area contributed by atoms with Crippen molar-refractivity contribution in [2.45, 2.75) is 51.1 Å². The zero-order valence-corrected chi connectivity index (χ0v) is 11.8. The number of nitrogens with one attached hydrogen (secondary N) is 1. The molecule has 4 nitrogen and oxygen atoms in total. The average Bonchev–Trinajstić information content (AvgIpc) is 2.48. The highest BCUT2D eigenvalue weighted by Gasteiger charge is 2.33. The molecule has 0 bridgehead atoms. The SMILES string of the molecule is CNc1cnc(CN2CCC[C@H]3CCCC[C@H]32)cn1. The highest BCUT2D eigenvalue weighted by atomic mass is 15.2. The van der Waals surface area contributed by atoms with E-state index in [2.05, 4.69) is 20.2 Å². The van der Waals surface area contributed by atoms with Crippen LogP contribution in [0.25, 0.3) is 0 Å². The van der Waals surface area contributed by atoms with Gasteiger partial charge in [0.15, 0.2) is 0 Å². The molecule has 0 radical (unpaired) electrons. The van der Waals surface area contributed by atoms with Gasteiger partial charge in [0.1, 0.15) is 5.82 Å². The van der Waals surface area contributed by atoms with Crippen LogP contribution < -0.4 is 5.32 Å². The summed E-state index contributed by atoms with van der Waals surface area (Å²) in [7, 11) is 1.88. The maximum absolute atomic E-state index is 4.51. The molecule has 1 aromatic rings. The number of nitrogens with zero attached hydrogens (tertiary/aromatic N) is 3. The van der Waals surface area contributed by atoms with Gasteiger partial charge in [-0.1, -0.05) is 12.8 Å². The van der Waals surface area contributed by atoms with Crippen LogP contribution in [0.5, 0.6) is 0 Å². The number of fused-ring (bicyclic) bond motifs is 1. The second-order valence-electron chi connectivity index (χ2n) is 5.87. The van der Waals surface area contributed by atoms with Crippen LogP contribution in [-0.2, 0) is 6.54 Å². The molecule has 19 heavy (non-hydrogen) atoms. The van der Waals surface area contributed by atoms with Gasteiger partial charge in [-0.3, -0.25) is 9.88 Å². The van der Waals surface area contributed by atoms with E-state index in [0.29, 0.717) is 0 Å². The quantitative estimate of drug-likeness (QED) is 0.907. The lowest BCUT2D eigenvalue weighted by Gasteiger charge is -2.44. The molecule has 1 aliphatic heterocycles. The van der Waals surface area contributed by atoms with Crippen molar-refractivity contribution in [2.24, 2.45) is 5.92 Å². The van der Waals surface area contributed by atoms with Gasteiger partial charge in [-0.25, -0.2) is 4.98 Å². The zero-order valence-electron chi connectivity index (χ0n) is 11.8. The number of likely N-dealkylation sites (tertiary alicyclic amines) is 1. The van der Waals surface area contributed by atoms with Gasteiger partial charge in [0, 0.05) is 19.6 Å². The van der Waals surface area contributed by atoms with E-state index < -0.39 is 0 Å². The maximum atomic E-state index is 4.51. The molecule has 0 spiro atoms. The molecule has 2 fully saturated rings. The van der Waals surface area contributed by atoms with Crippen molar-refractivity contribution in [1.82, 2.24) is 14.9 Å². The lowest BCUT2D eigenvalue weighted by Crippen LogP contribution is -2.46. The van der Waals surface area contributed by atoms with Crippen LogP contribution in [0.3, 0.4) is 0 Å². The van der Waals surface area contributed by atoms with E-state index in [4.69, 9.17) is 0 Å². The van der Waals surface area contributed by atoms with E-state index in [0.717, 1.165) is 30.0 Å². The number of anilines is 1. The van der Waals surface area contributed by atoms with Crippen LogP contribution in [0.4, 0.5) is 5.82 Å². The van der Waals surface area contributed by atoms with Gasteiger partial charge < -0.3 is 5.32 Å². The van der Waals surface area contributed by atoms with Crippen molar-refractivity contribution < 1.29 is 0 Å². The van der Waals surface area contributed by atoms with Gasteiger partial charge in [0.2, 0.25) is 0 Å². The van der Waals surface area contributed by atoms with Crippen molar-refractivity contribution in [3.05, 3.63) is 18.1 Å². The fourth-order valence-corrected chi connectivity index (χ4v) is 3.70. The second kappa shape index (κ2) is 5.87. The zero-order chi connectivity index (χ0) is 13.1. The van der Waals surface area contributed by atoms with Crippen molar-refractivity contribution >= 4 is 5.82 Å². The van der Waals surface area contributed by atoms with Crippen molar-refractivity contribution in [3.8, 4) is 0 Å². The first-order chi connectivity index (χ1) is 9.36. The Hall–Kier alpha value is -1.16. The Kier molecular flexibility index (Phi) is 3.97. The van der Waals surface area contributed by atoms with E-state index >= 15 is 0 Å². The Labute approximate surface area is 115 Å². The van der Waals surface area contributed by atoms with Gasteiger partial charge >= 0.3 is 0 Å². The number of aromatic nitrogens is 2. The molecule has 1 saturated carbocycles. The first-order valence-electron chi connectivity index (χ1n) is 7.59. The minimum atomic E-state index is 0.799. The molecule has 1 aliphatic carbocycles. The van der Waals surface area contributed by atoms with Crippen LogP contribution in [0, 0.1) is 5.92 Å². The fraction of sp³-hybridized carbons (Fsp3) is 0.733. The van der Waals surface area contributed by atoms with Gasteiger partial charge in [0.05, 0.1) is 18.1 Å². The Morgan fingerprint density at radius 1 is 1.16 bits per heavy atom. The second-order valence-corrected chi connectivity index (χ2v) is 5.87. The molecule has 1 aromatic heterocycles. The number of hydrogen-bond acceptors (Lipinski definition) is 4. The van der Waals surface area contributed by atoms with Crippen LogP contribution in [0.2, 0.25) is 0 Å². The monoisotopic (exact) mass is 260 g/mol. The summed E-state index contributed by atoms with van der Waals surface area (Å²) in [6.45, 7) is 2.20. The van der Waals surface area contributed by atoms with E-state index in [1.54, 1.807) is 0 Å². The van der Waals surface area contributed by atoms with Crippen LogP contribution in [-0.4, -0.2) is 34.5 Å². The summed E-state index contributed by atoms with van der Waals surface area (Å²) < 4.78 is 0. The molecular formula is C15H24N4. The number of piperidine rings is 1. The molecule has 1 saturated heterocycles. The lowest BCUT2D eigenvalue weighted by atomic mass is 9.78. The highest BCUT2D eigenvalue weighted by molar-refractivity contribution is 5.29. The van der Waals surface area contributed by atoms with Gasteiger partial charge in [-0.2, -0.15) is 0 Å². The smallest absolute Gasteiger partial charge is 0.144 e. The van der Waals surface area contributed by atoms with E-state index in [-0.39, 0.29) is 0 Å². The van der Waals surface area contributed by atoms with E-state index in [1.807, 2.05) is 19.4 Å². The Bertz CT molecular complexity index is 401. The average molecular weight is 260 g/mol. The first kappa shape index (κ1) is 12.9. The van der Waals surface area contributed by atoms with Gasteiger partial charge in [-0.05, 0) is 38.1 Å². The third kappa shape index (κ3) is 2.89. The summed E-state index contributed by atoms with van der Waals surface area (Å²) >= 11 is 0. The fourth-order valence-electron chi connectivity index (χ4n) is 3.70. The molecule has 3 rings (SSSR count). The number of rotatable bonds is 3. The van der Waals surface area contributed by atoms with Crippen LogP contribution in [0.1, 0.15) is 44.2 Å². The van der Waals surface area contributed by atoms with E-state index in [9.17, 15) is 0 Å².